The van der Waals surface area contributed by atoms with E-state index in [9.17, 15) is 9.59 Å². The molecule has 23 heavy (non-hydrogen) atoms. The smallest absolute Gasteiger partial charge is 0.203 e. The van der Waals surface area contributed by atoms with Crippen molar-refractivity contribution >= 4 is 61.5 Å². The number of benzene rings is 1. The highest BCUT2D eigenvalue weighted by Crippen LogP contribution is 2.28. The highest BCUT2D eigenvalue weighted by Gasteiger charge is 2.17. The number of likely N-dealkylation sites (tertiary alicyclic amines) is 1. The van der Waals surface area contributed by atoms with Gasteiger partial charge in [-0.3, -0.25) is 9.59 Å². The summed E-state index contributed by atoms with van der Waals surface area (Å²) in [4.78, 5) is 25.4. The van der Waals surface area contributed by atoms with E-state index in [1.807, 2.05) is 6.07 Å². The van der Waals surface area contributed by atoms with Gasteiger partial charge in [0.2, 0.25) is 5.43 Å². The number of carbonyl (C=O) groups excluding carboxylic acids is 1. The van der Waals surface area contributed by atoms with E-state index < -0.39 is 0 Å². The highest BCUT2D eigenvalue weighted by atomic mass is 79.9. The Morgan fingerprint density at radius 1 is 1.39 bits per heavy atom. The third-order valence-corrected chi connectivity index (χ3v) is 5.81. The van der Waals surface area contributed by atoms with Crippen LogP contribution < -0.4 is 5.43 Å². The lowest BCUT2D eigenvalue weighted by molar-refractivity contribution is 0.112. The van der Waals surface area contributed by atoms with Crippen LogP contribution in [0.25, 0.3) is 11.0 Å². The third kappa shape index (κ3) is 3.51. The molecule has 2 aromatic rings. The van der Waals surface area contributed by atoms with E-state index in [1.165, 1.54) is 19.1 Å². The molecule has 1 saturated heterocycles. The van der Waals surface area contributed by atoms with Gasteiger partial charge in [-0.15, -0.1) is 0 Å². The van der Waals surface area contributed by atoms with Gasteiger partial charge in [-0.05, 0) is 25.0 Å². The summed E-state index contributed by atoms with van der Waals surface area (Å²) in [6.07, 6.45) is 4.11. The summed E-state index contributed by atoms with van der Waals surface area (Å²) in [5.41, 5.74) is 1.12. The molecule has 2 heterocycles. The van der Waals surface area contributed by atoms with Gasteiger partial charge >= 0.3 is 0 Å². The first-order valence-corrected chi connectivity index (χ1v) is 9.39. The molecule has 0 spiro atoms. The lowest BCUT2D eigenvalue weighted by atomic mass is 10.1. The molecular formula is C16H14BrNO3S2. The molecule has 120 valence electrons. The maximum Gasteiger partial charge on any atom is 0.203 e. The van der Waals surface area contributed by atoms with Gasteiger partial charge < -0.3 is 9.32 Å². The summed E-state index contributed by atoms with van der Waals surface area (Å²) in [5.74, 6) is 0.620. The van der Waals surface area contributed by atoms with Gasteiger partial charge in [0.05, 0.1) is 10.9 Å². The number of rotatable bonds is 3. The third-order valence-electron chi connectivity index (χ3n) is 3.78. The SMILES string of the molecule is O=Cc1coc2c(CSC(=S)N3CCCC3)cc(Br)cc2c1=O. The molecule has 0 amide bonds. The van der Waals surface area contributed by atoms with Crippen LogP contribution in [0, 0.1) is 0 Å². The quantitative estimate of drug-likeness (QED) is 0.562. The van der Waals surface area contributed by atoms with E-state index in [4.69, 9.17) is 16.6 Å². The largest absolute Gasteiger partial charge is 0.463 e. The maximum atomic E-state index is 12.3. The summed E-state index contributed by atoms with van der Waals surface area (Å²) < 4.78 is 7.19. The Morgan fingerprint density at radius 2 is 2.13 bits per heavy atom. The molecule has 0 saturated carbocycles. The standard InChI is InChI=1S/C16H14BrNO3S2/c17-12-5-10(9-23-16(22)18-3-1-2-4-18)15-13(6-12)14(20)11(7-19)8-21-15/h5-8H,1-4,9H2. The van der Waals surface area contributed by atoms with Crippen LogP contribution in [-0.4, -0.2) is 28.6 Å². The number of halogens is 1. The van der Waals surface area contributed by atoms with Crippen molar-refractivity contribution in [1.82, 2.24) is 4.90 Å². The Hall–Kier alpha value is -1.18. The molecule has 1 fully saturated rings. The fraction of sp³-hybridized carbons (Fsp3) is 0.312. The Balaban J connectivity index is 1.91. The van der Waals surface area contributed by atoms with Crippen LogP contribution in [0.1, 0.15) is 28.8 Å². The second-order valence-electron chi connectivity index (χ2n) is 5.33. The van der Waals surface area contributed by atoms with Crippen LogP contribution >= 0.6 is 39.9 Å². The van der Waals surface area contributed by atoms with Crippen LogP contribution in [-0.2, 0) is 5.75 Å². The number of aldehydes is 1. The fourth-order valence-electron chi connectivity index (χ4n) is 2.61. The Kier molecular flexibility index (Phi) is 5.18. The molecule has 0 unspecified atom stereocenters. The Morgan fingerprint density at radius 3 is 2.83 bits per heavy atom. The zero-order valence-electron chi connectivity index (χ0n) is 12.2. The van der Waals surface area contributed by atoms with Crippen LogP contribution in [0.5, 0.6) is 0 Å². The minimum atomic E-state index is -0.309. The number of hydrogen-bond acceptors (Lipinski definition) is 5. The summed E-state index contributed by atoms with van der Waals surface area (Å²) in [7, 11) is 0. The molecular weight excluding hydrogens is 398 g/mol. The summed E-state index contributed by atoms with van der Waals surface area (Å²) >= 11 is 10.5. The predicted octanol–water partition coefficient (Wildman–Crippen LogP) is 3.98. The van der Waals surface area contributed by atoms with Crippen LogP contribution in [0.4, 0.5) is 0 Å². The van der Waals surface area contributed by atoms with Crippen molar-refractivity contribution in [3.8, 4) is 0 Å². The highest BCUT2D eigenvalue weighted by molar-refractivity contribution is 9.10. The molecule has 1 aliphatic heterocycles. The van der Waals surface area contributed by atoms with Crippen LogP contribution in [0.2, 0.25) is 0 Å². The van der Waals surface area contributed by atoms with Crippen molar-refractivity contribution in [3.63, 3.8) is 0 Å². The molecule has 7 heteroatoms. The monoisotopic (exact) mass is 411 g/mol. The number of thioether (sulfide) groups is 1. The average Bonchev–Trinajstić information content (AvgIpc) is 3.08. The Bertz CT molecular complexity index is 828. The molecule has 1 aliphatic rings. The van der Waals surface area contributed by atoms with Gasteiger partial charge in [0.1, 0.15) is 16.2 Å². The van der Waals surface area contributed by atoms with E-state index in [-0.39, 0.29) is 11.0 Å². The summed E-state index contributed by atoms with van der Waals surface area (Å²) in [6.45, 7) is 2.03. The second-order valence-corrected chi connectivity index (χ2v) is 7.85. The van der Waals surface area contributed by atoms with E-state index in [0.717, 1.165) is 27.4 Å². The van der Waals surface area contributed by atoms with Gasteiger partial charge in [0, 0.05) is 28.9 Å². The van der Waals surface area contributed by atoms with E-state index >= 15 is 0 Å². The molecule has 0 aliphatic carbocycles. The predicted molar refractivity (Wildman–Crippen MR) is 100 cm³/mol. The van der Waals surface area contributed by atoms with Crippen LogP contribution in [0.15, 0.2) is 32.1 Å². The molecule has 1 aromatic carbocycles. The van der Waals surface area contributed by atoms with Crippen molar-refractivity contribution in [2.45, 2.75) is 18.6 Å². The van der Waals surface area contributed by atoms with Crippen molar-refractivity contribution in [3.05, 3.63) is 44.2 Å². The van der Waals surface area contributed by atoms with Crippen molar-refractivity contribution < 1.29 is 9.21 Å². The normalized spacial score (nSPS) is 14.4. The number of nitrogens with zero attached hydrogens (tertiary/aromatic N) is 1. The molecule has 0 radical (unpaired) electrons. The summed E-state index contributed by atoms with van der Waals surface area (Å²) in [6, 6.07) is 3.60. The van der Waals surface area contributed by atoms with Crippen molar-refractivity contribution in [1.29, 1.82) is 0 Å². The van der Waals surface area contributed by atoms with Gasteiger partial charge in [-0.1, -0.05) is 39.9 Å². The lowest BCUT2D eigenvalue weighted by Crippen LogP contribution is -2.23. The molecule has 3 rings (SSSR count). The van der Waals surface area contributed by atoms with Gasteiger partial charge in [-0.25, -0.2) is 0 Å². The zero-order chi connectivity index (χ0) is 16.4. The minimum Gasteiger partial charge on any atom is -0.463 e. The van der Waals surface area contributed by atoms with E-state index in [0.29, 0.717) is 23.0 Å². The zero-order valence-corrected chi connectivity index (χ0v) is 15.4. The second kappa shape index (κ2) is 7.15. The number of carbonyl (C=O) groups is 1. The van der Waals surface area contributed by atoms with E-state index in [2.05, 4.69) is 20.8 Å². The van der Waals surface area contributed by atoms with Crippen molar-refractivity contribution in [2.75, 3.05) is 13.1 Å². The molecule has 4 nitrogen and oxygen atoms in total. The van der Waals surface area contributed by atoms with Gasteiger partial charge in [0.15, 0.2) is 6.29 Å². The average molecular weight is 412 g/mol. The van der Waals surface area contributed by atoms with Gasteiger partial charge in [0.25, 0.3) is 0 Å². The van der Waals surface area contributed by atoms with E-state index in [1.54, 1.807) is 17.8 Å². The Labute approximate surface area is 151 Å². The number of hydrogen-bond donors (Lipinski definition) is 0. The molecule has 0 atom stereocenters. The minimum absolute atomic E-state index is 0.0294. The summed E-state index contributed by atoms with van der Waals surface area (Å²) in [5, 5.41) is 0.409. The number of thiocarbonyl (C=S) groups is 1. The fourth-order valence-corrected chi connectivity index (χ4v) is 4.33. The number of fused-ring (bicyclic) bond motifs is 1. The topological polar surface area (TPSA) is 50.5 Å². The molecule has 0 N–H and O–H groups in total. The van der Waals surface area contributed by atoms with Gasteiger partial charge in [-0.2, -0.15) is 0 Å². The maximum absolute atomic E-state index is 12.3. The van der Waals surface area contributed by atoms with Crippen molar-refractivity contribution in [2.24, 2.45) is 0 Å². The molecule has 1 aromatic heterocycles. The first-order chi connectivity index (χ1) is 11.1. The van der Waals surface area contributed by atoms with Crippen LogP contribution in [0.3, 0.4) is 0 Å². The molecule has 0 bridgehead atoms. The first-order valence-electron chi connectivity index (χ1n) is 7.21. The lowest BCUT2D eigenvalue weighted by Gasteiger charge is -2.17. The first kappa shape index (κ1) is 16.7.